The Morgan fingerprint density at radius 2 is 2.00 bits per heavy atom. The van der Waals surface area contributed by atoms with Crippen LogP contribution in [0.4, 0.5) is 0 Å². The number of amides is 1. The summed E-state index contributed by atoms with van der Waals surface area (Å²) in [5.74, 6) is -0.559. The molecule has 1 aromatic carbocycles. The Bertz CT molecular complexity index is 471. The van der Waals surface area contributed by atoms with Gasteiger partial charge in [-0.1, -0.05) is 47.6 Å². The van der Waals surface area contributed by atoms with Gasteiger partial charge in [0, 0.05) is 10.4 Å². The van der Waals surface area contributed by atoms with Crippen LogP contribution in [0.2, 0.25) is 0 Å². The summed E-state index contributed by atoms with van der Waals surface area (Å²) in [6, 6.07) is 7.18. The molecule has 0 unspecified atom stereocenters. The number of hydrogen-bond donors (Lipinski definition) is 1. The summed E-state index contributed by atoms with van der Waals surface area (Å²) in [4.78, 5) is 23.0. The van der Waals surface area contributed by atoms with Crippen LogP contribution >= 0.6 is 15.9 Å². The molecule has 2 atom stereocenters. The van der Waals surface area contributed by atoms with Crippen LogP contribution in [-0.2, 0) is 9.59 Å². The lowest BCUT2D eigenvalue weighted by Gasteiger charge is -2.24. The van der Waals surface area contributed by atoms with Gasteiger partial charge in [-0.2, -0.15) is 0 Å². The molecule has 0 bridgehead atoms. The molecular formula is C14H16BrNO2. The number of Topliss-reactive ketones (excluding diaryl/α,β-unsaturated/α-hetero) is 1. The molecular weight excluding hydrogens is 294 g/mol. The van der Waals surface area contributed by atoms with Crippen molar-refractivity contribution in [3.63, 3.8) is 0 Å². The third-order valence-corrected chi connectivity index (χ3v) is 3.59. The molecule has 1 N–H and O–H groups in total. The zero-order valence-electron chi connectivity index (χ0n) is 10.4. The van der Waals surface area contributed by atoms with Crippen LogP contribution in [0.5, 0.6) is 0 Å². The Morgan fingerprint density at radius 1 is 1.39 bits per heavy atom. The summed E-state index contributed by atoms with van der Waals surface area (Å²) in [7, 11) is 0. The predicted molar refractivity (Wildman–Crippen MR) is 75.1 cm³/mol. The van der Waals surface area contributed by atoms with Crippen molar-refractivity contribution >= 4 is 27.6 Å². The highest BCUT2D eigenvalue weighted by molar-refractivity contribution is 9.10. The first-order chi connectivity index (χ1) is 8.47. The second-order valence-corrected chi connectivity index (χ2v) is 4.97. The molecule has 18 heavy (non-hydrogen) atoms. The van der Waals surface area contributed by atoms with Gasteiger partial charge < -0.3 is 5.32 Å². The van der Waals surface area contributed by atoms with E-state index in [0.717, 1.165) is 10.0 Å². The molecule has 0 aromatic heterocycles. The number of nitrogens with one attached hydrogen (secondary N) is 1. The first-order valence-electron chi connectivity index (χ1n) is 5.65. The highest BCUT2D eigenvalue weighted by Crippen LogP contribution is 2.29. The van der Waals surface area contributed by atoms with Crippen LogP contribution in [0, 0.1) is 5.92 Å². The van der Waals surface area contributed by atoms with E-state index in [2.05, 4.69) is 27.8 Å². The van der Waals surface area contributed by atoms with Crippen molar-refractivity contribution in [3.8, 4) is 0 Å². The van der Waals surface area contributed by atoms with E-state index in [9.17, 15) is 9.59 Å². The van der Waals surface area contributed by atoms with Gasteiger partial charge in [-0.25, -0.2) is 0 Å². The van der Waals surface area contributed by atoms with Gasteiger partial charge in [-0.05, 0) is 24.6 Å². The molecule has 1 amide bonds. The summed E-state index contributed by atoms with van der Waals surface area (Å²) >= 11 is 3.44. The van der Waals surface area contributed by atoms with Crippen LogP contribution in [0.15, 0.2) is 41.4 Å². The van der Waals surface area contributed by atoms with Crippen LogP contribution in [0.1, 0.15) is 25.5 Å². The molecule has 0 fully saturated rings. The fraction of sp³-hybridized carbons (Fsp3) is 0.286. The highest BCUT2D eigenvalue weighted by atomic mass is 79.9. The van der Waals surface area contributed by atoms with Crippen molar-refractivity contribution in [2.75, 3.05) is 0 Å². The third kappa shape index (κ3) is 3.53. The van der Waals surface area contributed by atoms with Gasteiger partial charge in [0.05, 0.1) is 6.04 Å². The quantitative estimate of drug-likeness (QED) is 0.850. The van der Waals surface area contributed by atoms with E-state index in [1.807, 2.05) is 24.3 Å². The Kier molecular flexibility index (Phi) is 5.28. The first-order valence-corrected chi connectivity index (χ1v) is 6.44. The smallest absolute Gasteiger partial charge is 0.243 e. The molecule has 0 saturated carbocycles. The highest BCUT2D eigenvalue weighted by Gasteiger charge is 2.25. The predicted octanol–water partition coefficient (Wildman–Crippen LogP) is 3.02. The van der Waals surface area contributed by atoms with Crippen molar-refractivity contribution in [2.45, 2.75) is 19.9 Å². The second-order valence-electron chi connectivity index (χ2n) is 4.11. The molecule has 0 aliphatic carbocycles. The SMILES string of the molecule is C=CC(=O)N[C@H](c1ccccc1Br)[C@@H](C)C(C)=O. The first kappa shape index (κ1) is 14.6. The minimum Gasteiger partial charge on any atom is -0.345 e. The molecule has 1 aromatic rings. The average Bonchev–Trinajstić information content (AvgIpc) is 2.35. The van der Waals surface area contributed by atoms with Crippen LogP contribution in [-0.4, -0.2) is 11.7 Å². The maximum Gasteiger partial charge on any atom is 0.243 e. The number of rotatable bonds is 5. The number of hydrogen-bond acceptors (Lipinski definition) is 2. The Labute approximate surface area is 115 Å². The Morgan fingerprint density at radius 3 is 2.50 bits per heavy atom. The number of ketones is 1. The summed E-state index contributed by atoms with van der Waals surface area (Å²) in [5, 5.41) is 2.80. The number of benzene rings is 1. The van der Waals surface area contributed by atoms with Crippen LogP contribution < -0.4 is 5.32 Å². The van der Waals surface area contributed by atoms with E-state index in [0.29, 0.717) is 0 Å². The van der Waals surface area contributed by atoms with Crippen molar-refractivity contribution in [2.24, 2.45) is 5.92 Å². The lowest BCUT2D eigenvalue weighted by atomic mass is 9.91. The summed E-state index contributed by atoms with van der Waals surface area (Å²) in [5.41, 5.74) is 0.885. The topological polar surface area (TPSA) is 46.2 Å². The maximum atomic E-state index is 11.5. The molecule has 0 spiro atoms. The average molecular weight is 310 g/mol. The van der Waals surface area contributed by atoms with Crippen LogP contribution in [0.25, 0.3) is 0 Å². The van der Waals surface area contributed by atoms with E-state index >= 15 is 0 Å². The normalized spacial score (nSPS) is 13.5. The van der Waals surface area contributed by atoms with Gasteiger partial charge in [0.25, 0.3) is 0 Å². The van der Waals surface area contributed by atoms with Crippen molar-refractivity contribution in [3.05, 3.63) is 47.0 Å². The fourth-order valence-corrected chi connectivity index (χ4v) is 2.18. The monoisotopic (exact) mass is 309 g/mol. The number of carbonyl (C=O) groups is 2. The van der Waals surface area contributed by atoms with E-state index < -0.39 is 0 Å². The second kappa shape index (κ2) is 6.50. The van der Waals surface area contributed by atoms with E-state index in [4.69, 9.17) is 0 Å². The minimum atomic E-state index is -0.358. The zero-order chi connectivity index (χ0) is 13.7. The number of carbonyl (C=O) groups excluding carboxylic acids is 2. The number of halogens is 1. The van der Waals surface area contributed by atoms with Crippen molar-refractivity contribution in [1.82, 2.24) is 5.32 Å². The molecule has 1 rings (SSSR count). The minimum absolute atomic E-state index is 0.0279. The largest absolute Gasteiger partial charge is 0.345 e. The molecule has 0 radical (unpaired) electrons. The van der Waals surface area contributed by atoms with Gasteiger partial charge in [0.15, 0.2) is 0 Å². The summed E-state index contributed by atoms with van der Waals surface area (Å²) in [6.45, 7) is 6.75. The zero-order valence-corrected chi connectivity index (χ0v) is 12.0. The van der Waals surface area contributed by atoms with Crippen LogP contribution in [0.3, 0.4) is 0 Å². The van der Waals surface area contributed by atoms with E-state index in [-0.39, 0.29) is 23.7 Å². The molecule has 96 valence electrons. The maximum absolute atomic E-state index is 11.5. The van der Waals surface area contributed by atoms with E-state index in [1.165, 1.54) is 13.0 Å². The van der Waals surface area contributed by atoms with Crippen molar-refractivity contribution < 1.29 is 9.59 Å². The van der Waals surface area contributed by atoms with Gasteiger partial charge in [-0.3, -0.25) is 9.59 Å². The summed E-state index contributed by atoms with van der Waals surface area (Å²) < 4.78 is 0.868. The molecule has 3 nitrogen and oxygen atoms in total. The van der Waals surface area contributed by atoms with Gasteiger partial charge >= 0.3 is 0 Å². The standard InChI is InChI=1S/C14H16BrNO2/c1-4-13(18)16-14(9(2)10(3)17)11-7-5-6-8-12(11)15/h4-9,14H,1H2,2-3H3,(H,16,18)/t9-,14-/m0/s1. The molecule has 0 heterocycles. The molecule has 0 aliphatic rings. The van der Waals surface area contributed by atoms with E-state index in [1.54, 1.807) is 6.92 Å². The Balaban J connectivity index is 3.12. The van der Waals surface area contributed by atoms with Crippen molar-refractivity contribution in [1.29, 1.82) is 0 Å². The van der Waals surface area contributed by atoms with Gasteiger partial charge in [0.1, 0.15) is 5.78 Å². The molecule has 0 aliphatic heterocycles. The van der Waals surface area contributed by atoms with Gasteiger partial charge in [0.2, 0.25) is 5.91 Å². The lowest BCUT2D eigenvalue weighted by Crippen LogP contribution is -2.34. The van der Waals surface area contributed by atoms with Gasteiger partial charge in [-0.15, -0.1) is 0 Å². The fourth-order valence-electron chi connectivity index (χ4n) is 1.65. The summed E-state index contributed by atoms with van der Waals surface area (Å²) in [6.07, 6.45) is 1.21. The lowest BCUT2D eigenvalue weighted by molar-refractivity contribution is -0.122. The molecule has 0 saturated heterocycles. The third-order valence-electron chi connectivity index (χ3n) is 2.86. The Hall–Kier alpha value is -1.42. The molecule has 4 heteroatoms.